The molecule has 1 aliphatic carbocycles. The van der Waals surface area contributed by atoms with Crippen LogP contribution in [-0.4, -0.2) is 22.6 Å². The lowest BCUT2D eigenvalue weighted by Crippen LogP contribution is -2.23. The molecule has 1 fully saturated rings. The van der Waals surface area contributed by atoms with Crippen molar-refractivity contribution in [2.75, 3.05) is 11.9 Å². The molecule has 1 N–H and O–H groups in total. The van der Waals surface area contributed by atoms with Gasteiger partial charge in [0, 0.05) is 6.54 Å². The van der Waals surface area contributed by atoms with Crippen LogP contribution in [0.2, 0.25) is 0 Å². The molecule has 1 aromatic rings. The minimum Gasteiger partial charge on any atom is -0.473 e. The van der Waals surface area contributed by atoms with Crippen LogP contribution < -0.4 is 10.1 Å². The summed E-state index contributed by atoms with van der Waals surface area (Å²) in [5.41, 5.74) is 0. The zero-order valence-corrected chi connectivity index (χ0v) is 13.2. The molecule has 19 heavy (non-hydrogen) atoms. The van der Waals surface area contributed by atoms with E-state index in [0.717, 1.165) is 42.0 Å². The highest BCUT2D eigenvalue weighted by atomic mass is 79.9. The van der Waals surface area contributed by atoms with E-state index in [1.54, 1.807) is 6.33 Å². The highest BCUT2D eigenvalue weighted by Gasteiger charge is 2.21. The molecular weight excluding hydrogens is 306 g/mol. The van der Waals surface area contributed by atoms with Gasteiger partial charge in [-0.1, -0.05) is 13.8 Å². The quantitative estimate of drug-likeness (QED) is 0.887. The van der Waals surface area contributed by atoms with Crippen LogP contribution in [0.3, 0.4) is 0 Å². The normalized spacial score (nSPS) is 23.1. The number of ether oxygens (including phenoxy) is 1. The summed E-state index contributed by atoms with van der Waals surface area (Å²) in [6, 6.07) is 0. The van der Waals surface area contributed by atoms with Gasteiger partial charge in [-0.2, -0.15) is 0 Å². The van der Waals surface area contributed by atoms with Gasteiger partial charge in [-0.05, 0) is 54.0 Å². The van der Waals surface area contributed by atoms with Crippen LogP contribution in [0, 0.1) is 5.92 Å². The molecule has 1 aromatic heterocycles. The fourth-order valence-corrected chi connectivity index (χ4v) is 2.75. The second kappa shape index (κ2) is 7.08. The zero-order chi connectivity index (χ0) is 13.7. The topological polar surface area (TPSA) is 47.0 Å². The third-order valence-electron chi connectivity index (χ3n) is 3.54. The van der Waals surface area contributed by atoms with Crippen LogP contribution in [0.5, 0.6) is 5.88 Å². The number of hydrogen-bond acceptors (Lipinski definition) is 4. The maximum absolute atomic E-state index is 6.02. The van der Waals surface area contributed by atoms with Crippen molar-refractivity contribution in [1.29, 1.82) is 0 Å². The fourth-order valence-electron chi connectivity index (χ4n) is 2.31. The number of rotatable bonds is 5. The van der Waals surface area contributed by atoms with E-state index in [1.807, 2.05) is 0 Å². The average Bonchev–Trinajstić information content (AvgIpc) is 2.42. The van der Waals surface area contributed by atoms with Gasteiger partial charge in [-0.3, -0.25) is 0 Å². The Labute approximate surface area is 123 Å². The van der Waals surface area contributed by atoms with Crippen molar-refractivity contribution in [3.05, 3.63) is 10.8 Å². The molecule has 0 saturated heterocycles. The van der Waals surface area contributed by atoms with E-state index in [2.05, 4.69) is 45.1 Å². The lowest BCUT2D eigenvalue weighted by Gasteiger charge is -2.26. The maximum Gasteiger partial charge on any atom is 0.233 e. The summed E-state index contributed by atoms with van der Waals surface area (Å²) in [5, 5.41) is 3.27. The molecule has 0 unspecified atom stereocenters. The van der Waals surface area contributed by atoms with Gasteiger partial charge in [0.25, 0.3) is 0 Å². The monoisotopic (exact) mass is 327 g/mol. The van der Waals surface area contributed by atoms with Crippen LogP contribution in [0.1, 0.15) is 46.0 Å². The first-order valence-electron chi connectivity index (χ1n) is 7.11. The standard InChI is InChI=1S/C14H22BrN3O/c1-3-8-16-13-12(15)14(18-9-17-13)19-11-6-4-10(2)5-7-11/h9-11H,3-8H2,1-2H3,(H,16,17,18). The Kier molecular flexibility index (Phi) is 5.43. The first-order valence-corrected chi connectivity index (χ1v) is 7.91. The number of halogens is 1. The van der Waals surface area contributed by atoms with E-state index in [9.17, 15) is 0 Å². The number of hydrogen-bond donors (Lipinski definition) is 1. The van der Waals surface area contributed by atoms with Gasteiger partial charge in [0.2, 0.25) is 5.88 Å². The lowest BCUT2D eigenvalue weighted by molar-refractivity contribution is 0.129. The molecular formula is C14H22BrN3O. The smallest absolute Gasteiger partial charge is 0.233 e. The molecule has 2 rings (SSSR count). The highest BCUT2D eigenvalue weighted by molar-refractivity contribution is 9.10. The van der Waals surface area contributed by atoms with E-state index in [0.29, 0.717) is 12.0 Å². The van der Waals surface area contributed by atoms with Gasteiger partial charge in [0.1, 0.15) is 22.7 Å². The summed E-state index contributed by atoms with van der Waals surface area (Å²) in [4.78, 5) is 8.47. The number of nitrogens with one attached hydrogen (secondary N) is 1. The van der Waals surface area contributed by atoms with Gasteiger partial charge in [0.15, 0.2) is 0 Å². The van der Waals surface area contributed by atoms with Crippen LogP contribution >= 0.6 is 15.9 Å². The van der Waals surface area contributed by atoms with Gasteiger partial charge in [0.05, 0.1) is 0 Å². The molecule has 0 amide bonds. The Bertz CT molecular complexity index is 406. The average molecular weight is 328 g/mol. The predicted molar refractivity (Wildman–Crippen MR) is 80.6 cm³/mol. The Balaban J connectivity index is 1.99. The first kappa shape index (κ1) is 14.6. The summed E-state index contributed by atoms with van der Waals surface area (Å²) in [7, 11) is 0. The maximum atomic E-state index is 6.02. The van der Waals surface area contributed by atoms with Gasteiger partial charge in [-0.15, -0.1) is 0 Å². The van der Waals surface area contributed by atoms with Crippen molar-refractivity contribution >= 4 is 21.7 Å². The second-order valence-electron chi connectivity index (χ2n) is 5.27. The third kappa shape index (κ3) is 4.06. The molecule has 0 bridgehead atoms. The molecule has 1 heterocycles. The van der Waals surface area contributed by atoms with E-state index in [-0.39, 0.29) is 0 Å². The van der Waals surface area contributed by atoms with E-state index >= 15 is 0 Å². The molecule has 1 aliphatic rings. The predicted octanol–water partition coefficient (Wildman–Crippen LogP) is 4.02. The van der Waals surface area contributed by atoms with Crippen LogP contribution in [0.15, 0.2) is 10.8 Å². The van der Waals surface area contributed by atoms with Crippen molar-refractivity contribution in [2.24, 2.45) is 5.92 Å². The van der Waals surface area contributed by atoms with E-state index in [4.69, 9.17) is 4.74 Å². The molecule has 0 radical (unpaired) electrons. The summed E-state index contributed by atoms with van der Waals surface area (Å²) in [5.74, 6) is 2.31. The summed E-state index contributed by atoms with van der Waals surface area (Å²) in [6.45, 7) is 5.34. The molecule has 0 aromatic carbocycles. The molecule has 0 aliphatic heterocycles. The molecule has 0 spiro atoms. The van der Waals surface area contributed by atoms with Crippen molar-refractivity contribution in [2.45, 2.75) is 52.1 Å². The van der Waals surface area contributed by atoms with E-state index in [1.165, 1.54) is 12.8 Å². The second-order valence-corrected chi connectivity index (χ2v) is 6.06. The van der Waals surface area contributed by atoms with Crippen LogP contribution in [0.25, 0.3) is 0 Å². The number of aromatic nitrogens is 2. The minimum atomic E-state index is 0.293. The molecule has 4 nitrogen and oxygen atoms in total. The van der Waals surface area contributed by atoms with Crippen molar-refractivity contribution in [3.8, 4) is 5.88 Å². The molecule has 5 heteroatoms. The van der Waals surface area contributed by atoms with Gasteiger partial charge < -0.3 is 10.1 Å². The first-order chi connectivity index (χ1) is 9.20. The van der Waals surface area contributed by atoms with Crippen molar-refractivity contribution < 1.29 is 4.74 Å². The number of anilines is 1. The Morgan fingerprint density at radius 1 is 1.32 bits per heavy atom. The van der Waals surface area contributed by atoms with Crippen molar-refractivity contribution in [1.82, 2.24) is 9.97 Å². The Hall–Kier alpha value is -0.840. The Morgan fingerprint density at radius 3 is 2.74 bits per heavy atom. The largest absolute Gasteiger partial charge is 0.473 e. The zero-order valence-electron chi connectivity index (χ0n) is 11.7. The highest BCUT2D eigenvalue weighted by Crippen LogP contribution is 2.32. The molecule has 106 valence electrons. The van der Waals surface area contributed by atoms with Crippen LogP contribution in [0.4, 0.5) is 5.82 Å². The van der Waals surface area contributed by atoms with Gasteiger partial charge in [-0.25, -0.2) is 9.97 Å². The van der Waals surface area contributed by atoms with Crippen LogP contribution in [-0.2, 0) is 0 Å². The summed E-state index contributed by atoms with van der Waals surface area (Å²) >= 11 is 3.54. The summed E-state index contributed by atoms with van der Waals surface area (Å²) in [6.07, 6.45) is 7.64. The lowest BCUT2D eigenvalue weighted by atomic mass is 9.89. The fraction of sp³-hybridized carbons (Fsp3) is 0.714. The molecule has 0 atom stereocenters. The van der Waals surface area contributed by atoms with E-state index < -0.39 is 0 Å². The SMILES string of the molecule is CCCNc1ncnc(OC2CCC(C)CC2)c1Br. The summed E-state index contributed by atoms with van der Waals surface area (Å²) < 4.78 is 6.85. The minimum absolute atomic E-state index is 0.293. The van der Waals surface area contributed by atoms with Crippen molar-refractivity contribution in [3.63, 3.8) is 0 Å². The third-order valence-corrected chi connectivity index (χ3v) is 4.26. The molecule has 1 saturated carbocycles. The number of nitrogens with zero attached hydrogens (tertiary/aromatic N) is 2. The Morgan fingerprint density at radius 2 is 2.05 bits per heavy atom. The van der Waals surface area contributed by atoms with Gasteiger partial charge >= 0.3 is 0 Å².